The Hall–Kier alpha value is -1.66. The molecule has 0 radical (unpaired) electrons. The van der Waals surface area contributed by atoms with Crippen molar-refractivity contribution in [3.05, 3.63) is 35.0 Å². The van der Waals surface area contributed by atoms with E-state index in [2.05, 4.69) is 9.97 Å². The number of nitrogens with one attached hydrogen (secondary N) is 1. The lowest BCUT2D eigenvalue weighted by Crippen LogP contribution is -2.41. The highest BCUT2D eigenvalue weighted by atomic mass is 16.7. The van der Waals surface area contributed by atoms with Crippen molar-refractivity contribution in [2.24, 2.45) is 0 Å². The summed E-state index contributed by atoms with van der Waals surface area (Å²) in [4.78, 5) is 18.5. The third kappa shape index (κ3) is 1.87. The minimum absolute atomic E-state index is 0.159. The predicted molar refractivity (Wildman–Crippen MR) is 78.1 cm³/mol. The smallest absolute Gasteiger partial charge is 0.399 e. The molecule has 0 unspecified atom stereocenters. The Kier molecular flexibility index (Phi) is 2.78. The number of pyridine rings is 2. The van der Waals surface area contributed by atoms with Gasteiger partial charge in [-0.15, -0.1) is 0 Å². The molecule has 0 spiro atoms. The zero-order valence-corrected chi connectivity index (χ0v) is 12.1. The summed E-state index contributed by atoms with van der Waals surface area (Å²) >= 11 is 0. The largest absolute Gasteiger partial charge is 0.496 e. The predicted octanol–water partition coefficient (Wildman–Crippen LogP) is 1.22. The Labute approximate surface area is 117 Å². The second kappa shape index (κ2) is 4.17. The van der Waals surface area contributed by atoms with Crippen molar-refractivity contribution in [2.75, 3.05) is 0 Å². The second-order valence-corrected chi connectivity index (χ2v) is 6.08. The summed E-state index contributed by atoms with van der Waals surface area (Å²) in [5.41, 5.74) is -0.158. The minimum Gasteiger partial charge on any atom is -0.399 e. The van der Waals surface area contributed by atoms with Crippen molar-refractivity contribution in [2.45, 2.75) is 38.9 Å². The van der Waals surface area contributed by atoms with Crippen molar-refractivity contribution in [3.63, 3.8) is 0 Å². The first-order valence-electron chi connectivity index (χ1n) is 6.63. The summed E-state index contributed by atoms with van der Waals surface area (Å²) in [6, 6.07) is 1.81. The molecule has 5 nitrogen and oxygen atoms in total. The first-order chi connectivity index (χ1) is 9.32. The van der Waals surface area contributed by atoms with Crippen LogP contribution < -0.4 is 11.0 Å². The van der Waals surface area contributed by atoms with Gasteiger partial charge in [-0.25, -0.2) is 0 Å². The van der Waals surface area contributed by atoms with E-state index in [0.29, 0.717) is 5.39 Å². The van der Waals surface area contributed by atoms with Gasteiger partial charge in [0.25, 0.3) is 5.56 Å². The van der Waals surface area contributed by atoms with E-state index in [9.17, 15) is 4.79 Å². The lowest BCUT2D eigenvalue weighted by molar-refractivity contribution is 0.00578. The Balaban J connectivity index is 2.14. The van der Waals surface area contributed by atoms with Gasteiger partial charge in [-0.1, -0.05) is 0 Å². The van der Waals surface area contributed by atoms with E-state index in [1.165, 1.54) is 0 Å². The number of rotatable bonds is 1. The molecule has 0 saturated carbocycles. The summed E-state index contributed by atoms with van der Waals surface area (Å²) in [6.45, 7) is 8.01. The third-order valence-corrected chi connectivity index (χ3v) is 4.24. The molecule has 3 heterocycles. The zero-order chi connectivity index (χ0) is 14.5. The summed E-state index contributed by atoms with van der Waals surface area (Å²) in [6.07, 6.45) is 4.88. The third-order valence-electron chi connectivity index (χ3n) is 4.24. The highest BCUT2D eigenvalue weighted by Gasteiger charge is 2.52. The van der Waals surface area contributed by atoms with Crippen LogP contribution in [0.25, 0.3) is 10.8 Å². The molecule has 0 bridgehead atoms. The molecule has 1 aliphatic rings. The Morgan fingerprint density at radius 1 is 1.15 bits per heavy atom. The molecule has 0 amide bonds. The summed E-state index contributed by atoms with van der Waals surface area (Å²) in [7, 11) is -0.498. The van der Waals surface area contributed by atoms with Crippen LogP contribution in [0.1, 0.15) is 27.7 Å². The molecule has 1 N–H and O–H groups in total. The fraction of sp³-hybridized carbons (Fsp3) is 0.429. The SMILES string of the molecule is CC1(C)OB(c2c[nH]c(=O)c3cnccc23)OC1(C)C. The summed E-state index contributed by atoms with van der Waals surface area (Å²) in [5.74, 6) is 0. The van der Waals surface area contributed by atoms with Gasteiger partial charge < -0.3 is 14.3 Å². The fourth-order valence-electron chi connectivity index (χ4n) is 2.29. The van der Waals surface area contributed by atoms with Gasteiger partial charge in [-0.05, 0) is 39.1 Å². The normalized spacial score (nSPS) is 20.5. The van der Waals surface area contributed by atoms with Crippen molar-refractivity contribution in [1.29, 1.82) is 0 Å². The number of aromatic nitrogens is 2. The molecular formula is C14H17BN2O3. The maximum absolute atomic E-state index is 11.8. The van der Waals surface area contributed by atoms with Gasteiger partial charge >= 0.3 is 7.12 Å². The van der Waals surface area contributed by atoms with Gasteiger partial charge in [0.15, 0.2) is 0 Å². The maximum atomic E-state index is 11.8. The second-order valence-electron chi connectivity index (χ2n) is 6.08. The number of hydrogen-bond donors (Lipinski definition) is 1. The highest BCUT2D eigenvalue weighted by Crippen LogP contribution is 2.36. The number of aromatic amines is 1. The molecule has 0 aliphatic carbocycles. The van der Waals surface area contributed by atoms with Crippen molar-refractivity contribution < 1.29 is 9.31 Å². The molecule has 2 aromatic rings. The van der Waals surface area contributed by atoms with Crippen LogP contribution in [0.4, 0.5) is 0 Å². The molecule has 0 aromatic carbocycles. The average molecular weight is 272 g/mol. The van der Waals surface area contributed by atoms with Gasteiger partial charge in [0.05, 0.1) is 16.6 Å². The van der Waals surface area contributed by atoms with Crippen LogP contribution in [-0.2, 0) is 9.31 Å². The van der Waals surface area contributed by atoms with E-state index in [1.54, 1.807) is 18.6 Å². The van der Waals surface area contributed by atoms with Crippen LogP contribution in [0.5, 0.6) is 0 Å². The zero-order valence-electron chi connectivity index (χ0n) is 12.1. The van der Waals surface area contributed by atoms with E-state index in [4.69, 9.17) is 9.31 Å². The first-order valence-corrected chi connectivity index (χ1v) is 6.63. The van der Waals surface area contributed by atoms with E-state index >= 15 is 0 Å². The van der Waals surface area contributed by atoms with Gasteiger partial charge in [0.1, 0.15) is 0 Å². The Morgan fingerprint density at radius 2 is 1.80 bits per heavy atom. The van der Waals surface area contributed by atoms with E-state index < -0.39 is 18.3 Å². The molecule has 2 aromatic heterocycles. The molecule has 1 fully saturated rings. The maximum Gasteiger partial charge on any atom is 0.496 e. The summed E-state index contributed by atoms with van der Waals surface area (Å²) < 4.78 is 12.1. The molecule has 3 rings (SSSR count). The van der Waals surface area contributed by atoms with Gasteiger partial charge in [-0.2, -0.15) is 0 Å². The van der Waals surface area contributed by atoms with Gasteiger partial charge in [0, 0.05) is 24.1 Å². The quantitative estimate of drug-likeness (QED) is 0.793. The Morgan fingerprint density at radius 3 is 2.45 bits per heavy atom. The van der Waals surface area contributed by atoms with Crippen LogP contribution >= 0.6 is 0 Å². The number of H-pyrrole nitrogens is 1. The van der Waals surface area contributed by atoms with Gasteiger partial charge in [-0.3, -0.25) is 9.78 Å². The van der Waals surface area contributed by atoms with Crippen LogP contribution in [0.2, 0.25) is 0 Å². The van der Waals surface area contributed by atoms with Crippen molar-refractivity contribution in [3.8, 4) is 0 Å². The molecular weight excluding hydrogens is 255 g/mol. The van der Waals surface area contributed by atoms with Crippen LogP contribution in [0.3, 0.4) is 0 Å². The number of fused-ring (bicyclic) bond motifs is 1. The van der Waals surface area contributed by atoms with Crippen LogP contribution in [0.15, 0.2) is 29.5 Å². The standard InChI is InChI=1S/C14H17BN2O3/c1-13(2)14(3,4)20-15(19-13)11-8-17-12(18)10-7-16-6-5-9(10)11/h5-8H,1-4H3,(H,17,18). The molecule has 20 heavy (non-hydrogen) atoms. The number of hydrogen-bond acceptors (Lipinski definition) is 4. The minimum atomic E-state index is -0.498. The fourth-order valence-corrected chi connectivity index (χ4v) is 2.29. The van der Waals surface area contributed by atoms with Gasteiger partial charge in [0.2, 0.25) is 0 Å². The first kappa shape index (κ1) is 13.3. The van der Waals surface area contributed by atoms with E-state index in [0.717, 1.165) is 10.8 Å². The van der Waals surface area contributed by atoms with Crippen molar-refractivity contribution in [1.82, 2.24) is 9.97 Å². The molecule has 104 valence electrons. The highest BCUT2D eigenvalue weighted by molar-refractivity contribution is 6.65. The lowest BCUT2D eigenvalue weighted by Gasteiger charge is -2.32. The molecule has 1 aliphatic heterocycles. The Bertz CT molecular complexity index is 708. The average Bonchev–Trinajstić information content (AvgIpc) is 2.59. The summed E-state index contributed by atoms with van der Waals surface area (Å²) in [5, 5.41) is 1.35. The lowest BCUT2D eigenvalue weighted by atomic mass is 9.77. The molecule has 6 heteroatoms. The van der Waals surface area contributed by atoms with E-state index in [-0.39, 0.29) is 5.56 Å². The van der Waals surface area contributed by atoms with Crippen molar-refractivity contribution >= 4 is 23.4 Å². The monoisotopic (exact) mass is 272 g/mol. The van der Waals surface area contributed by atoms with E-state index in [1.807, 2.05) is 33.8 Å². The van der Waals surface area contributed by atoms with Crippen LogP contribution in [0, 0.1) is 0 Å². The molecule has 1 saturated heterocycles. The topological polar surface area (TPSA) is 64.2 Å². The molecule has 0 atom stereocenters. The van der Waals surface area contributed by atoms with Crippen LogP contribution in [-0.4, -0.2) is 28.3 Å². The number of nitrogens with zero attached hydrogens (tertiary/aromatic N) is 1.